The number of nitrogens with two attached hydrogens (primary N) is 1. The van der Waals surface area contributed by atoms with Gasteiger partial charge >= 0.3 is 0 Å². The van der Waals surface area contributed by atoms with E-state index >= 15 is 0 Å². The maximum atomic E-state index is 13.0. The van der Waals surface area contributed by atoms with Crippen molar-refractivity contribution in [3.05, 3.63) is 58.6 Å². The Hall–Kier alpha value is -1.30. The molecule has 6 heteroatoms. The normalized spacial score (nSPS) is 12.4. The highest BCUT2D eigenvalue weighted by molar-refractivity contribution is 7.84. The van der Waals surface area contributed by atoms with Crippen LogP contribution in [0.5, 0.6) is 0 Å². The molecule has 1 atom stereocenters. The van der Waals surface area contributed by atoms with Crippen LogP contribution in [0.3, 0.4) is 0 Å². The van der Waals surface area contributed by atoms with Crippen molar-refractivity contribution in [3.8, 4) is 0 Å². The van der Waals surface area contributed by atoms with Gasteiger partial charge in [-0.2, -0.15) is 0 Å². The molecule has 0 saturated carbocycles. The summed E-state index contributed by atoms with van der Waals surface area (Å²) in [6, 6.07) is 7.67. The van der Waals surface area contributed by atoms with Gasteiger partial charge in [0.2, 0.25) is 0 Å². The van der Waals surface area contributed by atoms with Crippen LogP contribution in [0, 0.1) is 5.82 Å². The van der Waals surface area contributed by atoms with Crippen LogP contribution in [-0.4, -0.2) is 9.19 Å². The Labute approximate surface area is 118 Å². The summed E-state index contributed by atoms with van der Waals surface area (Å²) in [4.78, 5) is 4.57. The molecule has 1 aromatic heterocycles. The van der Waals surface area contributed by atoms with Crippen LogP contribution in [0.15, 0.2) is 41.4 Å². The zero-order valence-electron chi connectivity index (χ0n) is 9.98. The first kappa shape index (κ1) is 14.1. The number of aromatic nitrogens is 1. The van der Waals surface area contributed by atoms with E-state index in [1.165, 1.54) is 18.2 Å². The molecule has 0 fully saturated rings. The fraction of sp³-hybridized carbons (Fsp3) is 0.154. The molecule has 1 heterocycles. The molecule has 2 rings (SSSR count). The fourth-order valence-corrected chi connectivity index (χ4v) is 2.95. The molecule has 19 heavy (non-hydrogen) atoms. The monoisotopic (exact) mass is 298 g/mol. The van der Waals surface area contributed by atoms with Crippen LogP contribution in [0.4, 0.5) is 4.39 Å². The van der Waals surface area contributed by atoms with Gasteiger partial charge < -0.3 is 5.73 Å². The third-order valence-corrected chi connectivity index (χ3v) is 4.21. The first-order chi connectivity index (χ1) is 9.10. The minimum atomic E-state index is -1.28. The lowest BCUT2D eigenvalue weighted by molar-refractivity contribution is 0.626. The van der Waals surface area contributed by atoms with Crippen molar-refractivity contribution >= 4 is 22.4 Å². The molecule has 0 saturated heterocycles. The van der Waals surface area contributed by atoms with E-state index < -0.39 is 16.6 Å². The maximum absolute atomic E-state index is 13.0. The van der Waals surface area contributed by atoms with Gasteiger partial charge in [-0.05, 0) is 35.9 Å². The summed E-state index contributed by atoms with van der Waals surface area (Å²) < 4.78 is 25.2. The first-order valence-electron chi connectivity index (χ1n) is 5.57. The largest absolute Gasteiger partial charge is 0.325 e. The summed E-state index contributed by atoms with van der Waals surface area (Å²) in [6.45, 7) is 0.336. The number of hydrogen-bond acceptors (Lipinski definition) is 3. The lowest BCUT2D eigenvalue weighted by Gasteiger charge is -2.05. The zero-order valence-corrected chi connectivity index (χ0v) is 11.5. The molecule has 1 unspecified atom stereocenters. The standard InChI is InChI=1S/C13H12ClFN2OS/c14-12-6-11(1-2-13(12)15)19(18)8-9-3-4-17-10(5-9)7-16/h1-6H,7-8,16H2. The molecule has 0 amide bonds. The van der Waals surface area contributed by atoms with Crippen LogP contribution >= 0.6 is 11.6 Å². The highest BCUT2D eigenvalue weighted by Gasteiger charge is 2.09. The number of rotatable bonds is 4. The Morgan fingerprint density at radius 3 is 2.79 bits per heavy atom. The molecule has 0 radical (unpaired) electrons. The van der Waals surface area contributed by atoms with Crippen LogP contribution in [0.25, 0.3) is 0 Å². The number of benzene rings is 1. The number of halogens is 2. The van der Waals surface area contributed by atoms with E-state index in [1.54, 1.807) is 12.3 Å². The predicted octanol–water partition coefficient (Wildman–Crippen LogP) is 2.64. The summed E-state index contributed by atoms with van der Waals surface area (Å²) in [7, 11) is -1.28. The summed E-state index contributed by atoms with van der Waals surface area (Å²) in [5.74, 6) is -0.200. The lowest BCUT2D eigenvalue weighted by atomic mass is 10.2. The maximum Gasteiger partial charge on any atom is 0.141 e. The minimum Gasteiger partial charge on any atom is -0.325 e. The average molecular weight is 299 g/mol. The third-order valence-electron chi connectivity index (χ3n) is 2.54. The quantitative estimate of drug-likeness (QED) is 0.944. The van der Waals surface area contributed by atoms with Crippen molar-refractivity contribution in [1.29, 1.82) is 0 Å². The van der Waals surface area contributed by atoms with Gasteiger partial charge in [0.1, 0.15) is 5.82 Å². The molecule has 1 aromatic carbocycles. The molecular formula is C13H12ClFN2OS. The second-order valence-electron chi connectivity index (χ2n) is 3.93. The zero-order chi connectivity index (χ0) is 13.8. The Morgan fingerprint density at radius 2 is 2.11 bits per heavy atom. The summed E-state index contributed by atoms with van der Waals surface area (Å²) in [5.41, 5.74) is 7.11. The summed E-state index contributed by atoms with van der Waals surface area (Å²) in [5, 5.41) is -0.0248. The van der Waals surface area contributed by atoms with Gasteiger partial charge in [-0.3, -0.25) is 9.19 Å². The fourth-order valence-electron chi connectivity index (χ4n) is 1.58. The molecule has 100 valence electrons. The second kappa shape index (κ2) is 6.23. The molecule has 0 bridgehead atoms. The Balaban J connectivity index is 2.18. The number of nitrogens with zero attached hydrogens (tertiary/aromatic N) is 1. The Morgan fingerprint density at radius 1 is 1.32 bits per heavy atom. The van der Waals surface area contributed by atoms with E-state index in [0.29, 0.717) is 17.2 Å². The van der Waals surface area contributed by atoms with Crippen LogP contribution < -0.4 is 5.73 Å². The molecule has 3 nitrogen and oxygen atoms in total. The van der Waals surface area contributed by atoms with Crippen LogP contribution in [-0.2, 0) is 23.1 Å². The van der Waals surface area contributed by atoms with E-state index in [2.05, 4.69) is 4.98 Å². The summed E-state index contributed by atoms with van der Waals surface area (Å²) in [6.07, 6.45) is 1.63. The van der Waals surface area contributed by atoms with Gasteiger partial charge in [0.05, 0.1) is 27.3 Å². The second-order valence-corrected chi connectivity index (χ2v) is 5.78. The van der Waals surface area contributed by atoms with Gasteiger partial charge in [0, 0.05) is 17.6 Å². The van der Waals surface area contributed by atoms with E-state index in [1.807, 2.05) is 6.07 Å². The molecule has 0 spiro atoms. The molecule has 0 aliphatic carbocycles. The highest BCUT2D eigenvalue weighted by Crippen LogP contribution is 2.20. The number of hydrogen-bond donors (Lipinski definition) is 1. The summed E-state index contributed by atoms with van der Waals surface area (Å²) >= 11 is 5.67. The van der Waals surface area contributed by atoms with Crippen molar-refractivity contribution in [2.45, 2.75) is 17.2 Å². The van der Waals surface area contributed by atoms with Crippen LogP contribution in [0.2, 0.25) is 5.02 Å². The molecular weight excluding hydrogens is 287 g/mol. The van der Waals surface area contributed by atoms with Crippen molar-refractivity contribution in [3.63, 3.8) is 0 Å². The minimum absolute atomic E-state index is 0.0248. The predicted molar refractivity (Wildman–Crippen MR) is 73.7 cm³/mol. The van der Waals surface area contributed by atoms with E-state index in [-0.39, 0.29) is 5.02 Å². The Bertz CT molecular complexity index is 621. The van der Waals surface area contributed by atoms with Gasteiger partial charge in [-0.1, -0.05) is 11.6 Å². The molecule has 0 aliphatic heterocycles. The average Bonchev–Trinajstić information content (AvgIpc) is 2.42. The van der Waals surface area contributed by atoms with Gasteiger partial charge in [0.15, 0.2) is 0 Å². The van der Waals surface area contributed by atoms with Crippen molar-refractivity contribution < 1.29 is 8.60 Å². The smallest absolute Gasteiger partial charge is 0.141 e. The molecule has 2 N–H and O–H groups in total. The van der Waals surface area contributed by atoms with Crippen molar-refractivity contribution in [2.75, 3.05) is 0 Å². The van der Waals surface area contributed by atoms with E-state index in [9.17, 15) is 8.60 Å². The van der Waals surface area contributed by atoms with E-state index in [0.717, 1.165) is 11.3 Å². The molecule has 2 aromatic rings. The third kappa shape index (κ3) is 3.59. The number of pyridine rings is 1. The molecule has 0 aliphatic rings. The highest BCUT2D eigenvalue weighted by atomic mass is 35.5. The van der Waals surface area contributed by atoms with Gasteiger partial charge in [-0.25, -0.2) is 4.39 Å². The first-order valence-corrected chi connectivity index (χ1v) is 7.27. The topological polar surface area (TPSA) is 56.0 Å². The Kier molecular flexibility index (Phi) is 4.63. The van der Waals surface area contributed by atoms with Crippen molar-refractivity contribution in [1.82, 2.24) is 4.98 Å². The van der Waals surface area contributed by atoms with Crippen molar-refractivity contribution in [2.24, 2.45) is 5.73 Å². The van der Waals surface area contributed by atoms with E-state index in [4.69, 9.17) is 17.3 Å². The van der Waals surface area contributed by atoms with Crippen LogP contribution in [0.1, 0.15) is 11.3 Å². The SMILES string of the molecule is NCc1cc(CS(=O)c2ccc(F)c(Cl)c2)ccn1. The lowest BCUT2D eigenvalue weighted by Crippen LogP contribution is -2.02. The van der Waals surface area contributed by atoms with Gasteiger partial charge in [0.25, 0.3) is 0 Å². The van der Waals surface area contributed by atoms with Gasteiger partial charge in [-0.15, -0.1) is 0 Å².